The molecule has 0 spiro atoms. The highest BCUT2D eigenvalue weighted by atomic mass is 32.2. The summed E-state index contributed by atoms with van der Waals surface area (Å²) in [6, 6.07) is 2.58. The smallest absolute Gasteiger partial charge is 0.340 e. The topological polar surface area (TPSA) is 92.8 Å². The number of sulfonamides is 1. The first-order valence-electron chi connectivity index (χ1n) is 9.35. The van der Waals surface area contributed by atoms with Crippen molar-refractivity contribution >= 4 is 38.9 Å². The van der Waals surface area contributed by atoms with Crippen molar-refractivity contribution in [2.45, 2.75) is 37.9 Å². The Bertz CT molecular complexity index is 1150. The number of carbonyl (C=O) groups is 2. The van der Waals surface area contributed by atoms with Gasteiger partial charge in [-0.1, -0.05) is 20.8 Å². The standard InChI is InChI=1S/C20H22F2N2O5S2/c1-20(2,3)19(26)24-8-7-12-15(10-24)30-18(16(12)17(25)29-4)31(27,28)23-11-5-6-13(21)14(22)9-11/h5-6,9,23H,7-8,10H2,1-4H3. The fraction of sp³-hybridized carbons (Fsp3) is 0.400. The van der Waals surface area contributed by atoms with Gasteiger partial charge in [0.25, 0.3) is 10.0 Å². The minimum absolute atomic E-state index is 0.0875. The molecule has 0 fully saturated rings. The minimum atomic E-state index is -4.31. The van der Waals surface area contributed by atoms with Crippen LogP contribution in [0.5, 0.6) is 0 Å². The summed E-state index contributed by atoms with van der Waals surface area (Å²) in [7, 11) is -3.17. The van der Waals surface area contributed by atoms with Gasteiger partial charge >= 0.3 is 5.97 Å². The molecule has 168 valence electrons. The van der Waals surface area contributed by atoms with E-state index >= 15 is 0 Å². The van der Waals surface area contributed by atoms with Gasteiger partial charge in [0, 0.05) is 22.9 Å². The molecule has 0 saturated carbocycles. The number of esters is 1. The van der Waals surface area contributed by atoms with E-state index in [0.717, 1.165) is 30.6 Å². The molecule has 1 aromatic heterocycles. The first-order chi connectivity index (χ1) is 14.3. The average Bonchev–Trinajstić information content (AvgIpc) is 3.08. The number of hydrogen-bond acceptors (Lipinski definition) is 6. The molecular formula is C20H22F2N2O5S2. The summed E-state index contributed by atoms with van der Waals surface area (Å²) >= 11 is 0.858. The van der Waals surface area contributed by atoms with Crippen molar-refractivity contribution in [3.63, 3.8) is 0 Å². The average molecular weight is 473 g/mol. The first kappa shape index (κ1) is 23.1. The number of ether oxygens (including phenoxy) is 1. The van der Waals surface area contributed by atoms with Crippen LogP contribution in [-0.4, -0.2) is 38.8 Å². The lowest BCUT2D eigenvalue weighted by Gasteiger charge is -2.32. The monoisotopic (exact) mass is 472 g/mol. The van der Waals surface area contributed by atoms with E-state index in [-0.39, 0.29) is 27.9 Å². The molecule has 0 saturated heterocycles. The Hall–Kier alpha value is -2.53. The Morgan fingerprint density at radius 3 is 2.45 bits per heavy atom. The fourth-order valence-electron chi connectivity index (χ4n) is 3.29. The van der Waals surface area contributed by atoms with Crippen LogP contribution < -0.4 is 4.72 Å². The molecular weight excluding hydrogens is 450 g/mol. The zero-order valence-electron chi connectivity index (χ0n) is 17.4. The quantitative estimate of drug-likeness (QED) is 0.687. The van der Waals surface area contributed by atoms with E-state index in [1.54, 1.807) is 25.7 Å². The highest BCUT2D eigenvalue weighted by Crippen LogP contribution is 2.38. The molecule has 2 heterocycles. The second-order valence-corrected chi connectivity index (χ2v) is 11.1. The van der Waals surface area contributed by atoms with E-state index in [1.165, 1.54) is 0 Å². The van der Waals surface area contributed by atoms with E-state index in [2.05, 4.69) is 4.72 Å². The van der Waals surface area contributed by atoms with Gasteiger partial charge in [0.05, 0.1) is 24.9 Å². The molecule has 1 N–H and O–H groups in total. The number of anilines is 1. The number of fused-ring (bicyclic) bond motifs is 1. The van der Waals surface area contributed by atoms with Crippen LogP contribution in [0.2, 0.25) is 0 Å². The Morgan fingerprint density at radius 2 is 1.87 bits per heavy atom. The molecule has 31 heavy (non-hydrogen) atoms. The van der Waals surface area contributed by atoms with Gasteiger partial charge in [0.1, 0.15) is 0 Å². The van der Waals surface area contributed by atoms with Crippen LogP contribution in [0.15, 0.2) is 22.4 Å². The molecule has 0 bridgehead atoms. The molecule has 0 aliphatic carbocycles. The number of thiophene rings is 1. The van der Waals surface area contributed by atoms with E-state index in [4.69, 9.17) is 4.74 Å². The van der Waals surface area contributed by atoms with Gasteiger partial charge in [0.15, 0.2) is 15.8 Å². The normalized spacial score (nSPS) is 14.2. The molecule has 7 nitrogen and oxygen atoms in total. The maximum atomic E-state index is 13.5. The fourth-order valence-corrected chi connectivity index (χ4v) is 6.24. The zero-order chi connectivity index (χ0) is 23.1. The lowest BCUT2D eigenvalue weighted by Crippen LogP contribution is -2.42. The van der Waals surface area contributed by atoms with Crippen molar-refractivity contribution in [3.05, 3.63) is 45.8 Å². The summed E-state index contributed by atoms with van der Waals surface area (Å²) in [5.74, 6) is -3.24. The Balaban J connectivity index is 2.02. The number of amides is 1. The third-order valence-corrected chi connectivity index (χ3v) is 7.88. The van der Waals surface area contributed by atoms with Crippen molar-refractivity contribution < 1.29 is 31.5 Å². The molecule has 3 rings (SSSR count). The van der Waals surface area contributed by atoms with Gasteiger partial charge in [0.2, 0.25) is 5.91 Å². The molecule has 0 atom stereocenters. The van der Waals surface area contributed by atoms with Crippen molar-refractivity contribution in [1.82, 2.24) is 4.90 Å². The van der Waals surface area contributed by atoms with E-state index in [9.17, 15) is 26.8 Å². The summed E-state index contributed by atoms with van der Waals surface area (Å²) in [5, 5.41) is 0. The predicted molar refractivity (Wildman–Crippen MR) is 111 cm³/mol. The highest BCUT2D eigenvalue weighted by Gasteiger charge is 2.37. The second kappa shape index (κ2) is 8.19. The van der Waals surface area contributed by atoms with E-state index in [1.807, 2.05) is 0 Å². The van der Waals surface area contributed by atoms with Crippen LogP contribution in [0, 0.1) is 17.0 Å². The van der Waals surface area contributed by atoms with Gasteiger partial charge in [-0.25, -0.2) is 22.0 Å². The van der Waals surface area contributed by atoms with E-state index < -0.39 is 33.0 Å². The molecule has 1 aliphatic heterocycles. The van der Waals surface area contributed by atoms with Crippen LogP contribution in [0.1, 0.15) is 41.6 Å². The van der Waals surface area contributed by atoms with Crippen LogP contribution in [0.3, 0.4) is 0 Å². The number of carbonyl (C=O) groups excluding carboxylic acids is 2. The van der Waals surface area contributed by atoms with Gasteiger partial charge in [-0.05, 0) is 24.1 Å². The number of rotatable bonds is 4. The third kappa shape index (κ3) is 4.57. The van der Waals surface area contributed by atoms with Crippen molar-refractivity contribution in [2.75, 3.05) is 18.4 Å². The largest absolute Gasteiger partial charge is 0.465 e. The number of benzene rings is 1. The molecule has 2 aromatic rings. The van der Waals surface area contributed by atoms with Crippen LogP contribution in [0.25, 0.3) is 0 Å². The summed E-state index contributed by atoms with van der Waals surface area (Å²) in [6.45, 7) is 5.88. The second-order valence-electron chi connectivity index (χ2n) is 8.12. The minimum Gasteiger partial charge on any atom is -0.465 e. The molecule has 1 amide bonds. The third-order valence-electron chi connectivity index (χ3n) is 4.76. The molecule has 0 radical (unpaired) electrons. The zero-order valence-corrected chi connectivity index (χ0v) is 19.0. The van der Waals surface area contributed by atoms with Gasteiger partial charge in [-0.3, -0.25) is 9.52 Å². The van der Waals surface area contributed by atoms with Crippen LogP contribution in [0.4, 0.5) is 14.5 Å². The Morgan fingerprint density at radius 1 is 1.19 bits per heavy atom. The van der Waals surface area contributed by atoms with Gasteiger partial charge in [-0.15, -0.1) is 11.3 Å². The number of nitrogens with one attached hydrogen (secondary N) is 1. The van der Waals surface area contributed by atoms with Gasteiger partial charge in [-0.2, -0.15) is 0 Å². The van der Waals surface area contributed by atoms with Crippen molar-refractivity contribution in [1.29, 1.82) is 0 Å². The van der Waals surface area contributed by atoms with E-state index in [0.29, 0.717) is 29.5 Å². The molecule has 0 unspecified atom stereocenters. The number of halogens is 2. The van der Waals surface area contributed by atoms with Crippen molar-refractivity contribution in [3.8, 4) is 0 Å². The highest BCUT2D eigenvalue weighted by molar-refractivity contribution is 7.94. The molecule has 1 aliphatic rings. The number of nitrogens with zero attached hydrogens (tertiary/aromatic N) is 1. The summed E-state index contributed by atoms with van der Waals surface area (Å²) in [5.41, 5.74) is -0.380. The van der Waals surface area contributed by atoms with Crippen molar-refractivity contribution in [2.24, 2.45) is 5.41 Å². The molecule has 1 aromatic carbocycles. The predicted octanol–water partition coefficient (Wildman–Crippen LogP) is 3.54. The maximum Gasteiger partial charge on any atom is 0.340 e. The Labute approximate surface area is 183 Å². The summed E-state index contributed by atoms with van der Waals surface area (Å²) < 4.78 is 59.4. The Kier molecular flexibility index (Phi) is 6.12. The lowest BCUT2D eigenvalue weighted by atomic mass is 9.93. The first-order valence-corrected chi connectivity index (χ1v) is 11.6. The van der Waals surface area contributed by atoms with Gasteiger partial charge < -0.3 is 9.64 Å². The molecule has 11 heteroatoms. The maximum absolute atomic E-state index is 13.5. The SMILES string of the molecule is COC(=O)c1c(S(=O)(=O)Nc2ccc(F)c(F)c2)sc2c1CCN(C(=O)C(C)(C)C)C2. The summed E-state index contributed by atoms with van der Waals surface area (Å²) in [6.07, 6.45) is 0.290. The van der Waals surface area contributed by atoms with Crippen LogP contribution >= 0.6 is 11.3 Å². The number of methoxy groups -OCH3 is 1. The summed E-state index contributed by atoms with van der Waals surface area (Å²) in [4.78, 5) is 27.3. The van der Waals surface area contributed by atoms with Crippen LogP contribution in [-0.2, 0) is 32.5 Å². The number of hydrogen-bond donors (Lipinski definition) is 1. The lowest BCUT2D eigenvalue weighted by molar-refractivity contribution is -0.140.